The van der Waals surface area contributed by atoms with Crippen molar-refractivity contribution < 1.29 is 9.18 Å². The fourth-order valence-corrected chi connectivity index (χ4v) is 2.60. The molecule has 4 aromatic rings. The van der Waals surface area contributed by atoms with Crippen LogP contribution in [0.5, 0.6) is 0 Å². The highest BCUT2D eigenvalue weighted by atomic mass is 19.1. The maximum absolute atomic E-state index is 14.0. The Kier molecular flexibility index (Phi) is 3.27. The first kappa shape index (κ1) is 14.9. The second-order valence-corrected chi connectivity index (χ2v) is 5.46. The van der Waals surface area contributed by atoms with Gasteiger partial charge in [-0.2, -0.15) is 5.10 Å². The number of aromatic amines is 1. The Morgan fingerprint density at radius 2 is 2.12 bits per heavy atom. The number of nitrogens with two attached hydrogens (primary N) is 1. The first-order valence-corrected chi connectivity index (χ1v) is 7.32. The van der Waals surface area contributed by atoms with Crippen LogP contribution in [0, 0.1) is 5.82 Å². The molecule has 0 bridgehead atoms. The van der Waals surface area contributed by atoms with Crippen LogP contribution in [0.1, 0.15) is 10.5 Å². The van der Waals surface area contributed by atoms with Crippen molar-refractivity contribution >= 4 is 17.1 Å². The number of aromatic nitrogens is 6. The lowest BCUT2D eigenvalue weighted by Crippen LogP contribution is -2.15. The number of carbonyl (C=O) groups is 1. The van der Waals surface area contributed by atoms with Crippen LogP contribution in [0.4, 0.5) is 4.39 Å². The lowest BCUT2D eigenvalue weighted by atomic mass is 10.1. The Labute approximate surface area is 140 Å². The summed E-state index contributed by atoms with van der Waals surface area (Å²) < 4.78 is 15.7. The van der Waals surface area contributed by atoms with Crippen LogP contribution in [0.3, 0.4) is 0 Å². The van der Waals surface area contributed by atoms with Crippen LogP contribution in [-0.4, -0.2) is 35.6 Å². The molecular weight excluding hydrogens is 325 g/mol. The lowest BCUT2D eigenvalue weighted by Gasteiger charge is -2.04. The van der Waals surface area contributed by atoms with Crippen molar-refractivity contribution in [3.63, 3.8) is 0 Å². The summed E-state index contributed by atoms with van der Waals surface area (Å²) >= 11 is 0. The topological polar surface area (TPSA) is 115 Å². The summed E-state index contributed by atoms with van der Waals surface area (Å²) in [4.78, 5) is 26.8. The van der Waals surface area contributed by atoms with Crippen LogP contribution < -0.4 is 5.73 Å². The van der Waals surface area contributed by atoms with Crippen molar-refractivity contribution in [2.24, 2.45) is 12.8 Å². The maximum atomic E-state index is 14.0. The highest BCUT2D eigenvalue weighted by molar-refractivity contribution is 5.93. The molecule has 0 spiro atoms. The monoisotopic (exact) mass is 337 g/mol. The van der Waals surface area contributed by atoms with E-state index in [0.717, 1.165) is 5.56 Å². The number of halogens is 1. The number of nitrogens with one attached hydrogen (secondary N) is 1. The number of hydrogen-bond donors (Lipinski definition) is 2. The molecule has 0 aliphatic carbocycles. The number of rotatable bonds is 3. The highest BCUT2D eigenvalue weighted by Crippen LogP contribution is 2.28. The zero-order chi connectivity index (χ0) is 17.6. The summed E-state index contributed by atoms with van der Waals surface area (Å²) in [7, 11) is 1.81. The number of nitrogens with zero attached hydrogens (tertiary/aromatic N) is 5. The minimum Gasteiger partial charge on any atom is -0.364 e. The predicted molar refractivity (Wildman–Crippen MR) is 87.8 cm³/mol. The fourth-order valence-electron chi connectivity index (χ4n) is 2.60. The fraction of sp³-hybridized carbons (Fsp3) is 0.0625. The van der Waals surface area contributed by atoms with Gasteiger partial charge in [0.05, 0.1) is 17.3 Å². The average Bonchev–Trinajstić information content (AvgIpc) is 3.19. The predicted octanol–water partition coefficient (Wildman–Crippen LogP) is 1.66. The molecule has 0 saturated heterocycles. The van der Waals surface area contributed by atoms with E-state index in [1.807, 2.05) is 13.2 Å². The summed E-state index contributed by atoms with van der Waals surface area (Å²) in [5, 5.41) is 4.11. The molecule has 0 aliphatic rings. The van der Waals surface area contributed by atoms with Crippen LogP contribution in [0.2, 0.25) is 0 Å². The summed E-state index contributed by atoms with van der Waals surface area (Å²) in [5.74, 6) is -1.09. The number of pyridine rings is 2. The maximum Gasteiger partial charge on any atom is 0.270 e. The molecule has 0 aliphatic heterocycles. The van der Waals surface area contributed by atoms with E-state index in [2.05, 4.69) is 25.0 Å². The largest absolute Gasteiger partial charge is 0.364 e. The lowest BCUT2D eigenvalue weighted by molar-refractivity contribution is 0.0991. The summed E-state index contributed by atoms with van der Waals surface area (Å²) in [6.07, 6.45) is 6.47. The molecule has 9 heteroatoms. The second-order valence-electron chi connectivity index (χ2n) is 5.46. The van der Waals surface area contributed by atoms with Gasteiger partial charge in [0, 0.05) is 36.8 Å². The molecule has 25 heavy (non-hydrogen) atoms. The number of fused-ring (bicyclic) bond motifs is 1. The summed E-state index contributed by atoms with van der Waals surface area (Å²) in [6.45, 7) is 0. The van der Waals surface area contributed by atoms with Gasteiger partial charge < -0.3 is 10.7 Å². The van der Waals surface area contributed by atoms with Gasteiger partial charge in [0.15, 0.2) is 17.2 Å². The number of carbonyl (C=O) groups excluding carboxylic acids is 1. The number of aryl methyl sites for hydroxylation is 1. The van der Waals surface area contributed by atoms with Gasteiger partial charge in [-0.3, -0.25) is 9.48 Å². The quantitative estimate of drug-likeness (QED) is 0.590. The number of H-pyrrole nitrogens is 1. The molecule has 1 amide bonds. The number of primary amides is 1. The molecule has 0 atom stereocenters. The molecule has 4 rings (SSSR count). The highest BCUT2D eigenvalue weighted by Gasteiger charge is 2.15. The zero-order valence-corrected chi connectivity index (χ0v) is 13.1. The van der Waals surface area contributed by atoms with Crippen molar-refractivity contribution in [2.75, 3.05) is 0 Å². The smallest absolute Gasteiger partial charge is 0.270 e. The minimum atomic E-state index is -0.913. The number of hydrogen-bond acceptors (Lipinski definition) is 5. The second kappa shape index (κ2) is 5.48. The van der Waals surface area contributed by atoms with Gasteiger partial charge >= 0.3 is 0 Å². The van der Waals surface area contributed by atoms with E-state index in [9.17, 15) is 9.18 Å². The molecule has 3 N–H and O–H groups in total. The van der Waals surface area contributed by atoms with Gasteiger partial charge in [-0.05, 0) is 12.1 Å². The number of amides is 1. The van der Waals surface area contributed by atoms with Crippen LogP contribution in [0.25, 0.3) is 33.7 Å². The first-order chi connectivity index (χ1) is 12.0. The van der Waals surface area contributed by atoms with Gasteiger partial charge in [0.1, 0.15) is 5.82 Å². The molecule has 4 aromatic heterocycles. The molecule has 8 nitrogen and oxygen atoms in total. The normalized spacial score (nSPS) is 11.1. The van der Waals surface area contributed by atoms with E-state index in [4.69, 9.17) is 5.73 Å². The van der Waals surface area contributed by atoms with Crippen molar-refractivity contribution in [3.05, 3.63) is 48.4 Å². The van der Waals surface area contributed by atoms with Gasteiger partial charge in [-0.1, -0.05) is 0 Å². The molecule has 124 valence electrons. The van der Waals surface area contributed by atoms with E-state index in [-0.39, 0.29) is 0 Å². The van der Waals surface area contributed by atoms with Gasteiger partial charge in [0.25, 0.3) is 5.91 Å². The molecule has 0 aromatic carbocycles. The molecule has 0 saturated carbocycles. The summed E-state index contributed by atoms with van der Waals surface area (Å²) in [5.41, 5.74) is 7.76. The van der Waals surface area contributed by atoms with Crippen molar-refractivity contribution in [2.45, 2.75) is 0 Å². The van der Waals surface area contributed by atoms with E-state index in [1.165, 1.54) is 12.3 Å². The minimum absolute atomic E-state index is 0.394. The molecule has 0 fully saturated rings. The van der Waals surface area contributed by atoms with Gasteiger partial charge in [-0.15, -0.1) is 0 Å². The Hall–Kier alpha value is -3.62. The summed E-state index contributed by atoms with van der Waals surface area (Å²) in [6, 6.07) is 2.93. The van der Waals surface area contributed by atoms with E-state index in [0.29, 0.717) is 28.1 Å². The van der Waals surface area contributed by atoms with Crippen molar-refractivity contribution in [3.8, 4) is 22.5 Å². The Bertz CT molecular complexity index is 1110. The van der Waals surface area contributed by atoms with Crippen LogP contribution >= 0.6 is 0 Å². The zero-order valence-electron chi connectivity index (χ0n) is 13.1. The third-order valence-corrected chi connectivity index (χ3v) is 3.76. The third-order valence-electron chi connectivity index (χ3n) is 3.76. The standard InChI is InChI=1S/C16H12FN7O/c1-24-7-9(6-21-24)15-22-12-10(2-3-19-16(12)23-15)8-4-11(17)13(14(18)25)20-5-8/h2-7H,1H3,(H2,18,25)(H,19,22,23). The molecule has 0 unspecified atom stereocenters. The van der Waals surface area contributed by atoms with E-state index >= 15 is 0 Å². The van der Waals surface area contributed by atoms with E-state index < -0.39 is 17.4 Å². The SMILES string of the molecule is Cn1cc(-c2nc3nccc(-c4cnc(C(N)=O)c(F)c4)c3[nH]2)cn1. The van der Waals surface area contributed by atoms with Gasteiger partial charge in [-0.25, -0.2) is 19.3 Å². The Morgan fingerprint density at radius 3 is 2.80 bits per heavy atom. The van der Waals surface area contributed by atoms with E-state index in [1.54, 1.807) is 23.1 Å². The Balaban J connectivity index is 1.86. The Morgan fingerprint density at radius 1 is 1.28 bits per heavy atom. The van der Waals surface area contributed by atoms with Crippen LogP contribution in [-0.2, 0) is 7.05 Å². The third kappa shape index (κ3) is 2.51. The first-order valence-electron chi connectivity index (χ1n) is 7.32. The van der Waals surface area contributed by atoms with Crippen molar-refractivity contribution in [1.82, 2.24) is 29.7 Å². The molecule has 0 radical (unpaired) electrons. The van der Waals surface area contributed by atoms with Gasteiger partial charge in [0.2, 0.25) is 0 Å². The molecular formula is C16H12FN7O. The van der Waals surface area contributed by atoms with Crippen molar-refractivity contribution in [1.29, 1.82) is 0 Å². The van der Waals surface area contributed by atoms with Crippen LogP contribution in [0.15, 0.2) is 36.9 Å². The number of imidazole rings is 1. The average molecular weight is 337 g/mol. The molecule has 4 heterocycles.